The highest BCUT2D eigenvalue weighted by atomic mass is 16.5. The second-order valence-electron chi connectivity index (χ2n) is 4.71. The van der Waals surface area contributed by atoms with E-state index < -0.39 is 5.97 Å². The molecule has 1 spiro atoms. The van der Waals surface area contributed by atoms with Gasteiger partial charge < -0.3 is 9.84 Å². The molecule has 0 aromatic carbocycles. The maximum absolute atomic E-state index is 10.8. The quantitative estimate of drug-likeness (QED) is 0.738. The van der Waals surface area contributed by atoms with E-state index in [1.165, 1.54) is 25.7 Å². The van der Waals surface area contributed by atoms with Gasteiger partial charge in [-0.15, -0.1) is 0 Å². The number of carboxylic acids is 1. The minimum absolute atomic E-state index is 0.219. The summed E-state index contributed by atoms with van der Waals surface area (Å²) in [5, 5.41) is 8.87. The van der Waals surface area contributed by atoms with E-state index in [0.29, 0.717) is 12.3 Å². The van der Waals surface area contributed by atoms with Gasteiger partial charge in [-0.05, 0) is 30.6 Å². The number of carbonyl (C=O) groups is 1. The van der Waals surface area contributed by atoms with Crippen LogP contribution in [0.5, 0.6) is 0 Å². The lowest BCUT2D eigenvalue weighted by atomic mass is 9.70. The van der Waals surface area contributed by atoms with Crippen molar-refractivity contribution in [3.63, 3.8) is 0 Å². The van der Waals surface area contributed by atoms with Gasteiger partial charge in [0.15, 0.2) is 0 Å². The van der Waals surface area contributed by atoms with Crippen molar-refractivity contribution in [1.82, 2.24) is 0 Å². The van der Waals surface area contributed by atoms with Crippen molar-refractivity contribution in [3.05, 3.63) is 0 Å². The first-order valence-corrected chi connectivity index (χ1v) is 5.52. The van der Waals surface area contributed by atoms with Crippen molar-refractivity contribution >= 4 is 5.97 Å². The first-order valence-electron chi connectivity index (χ1n) is 5.52. The average Bonchev–Trinajstić information content (AvgIpc) is 2.58. The smallest absolute Gasteiger partial charge is 0.303 e. The van der Waals surface area contributed by atoms with Crippen molar-refractivity contribution in [2.45, 2.75) is 38.5 Å². The van der Waals surface area contributed by atoms with Crippen LogP contribution >= 0.6 is 0 Å². The third-order valence-electron chi connectivity index (χ3n) is 3.89. The van der Waals surface area contributed by atoms with E-state index in [1.54, 1.807) is 0 Å². The Morgan fingerprint density at radius 1 is 1.43 bits per heavy atom. The van der Waals surface area contributed by atoms with Crippen molar-refractivity contribution in [1.29, 1.82) is 0 Å². The summed E-state index contributed by atoms with van der Waals surface area (Å²) in [6.45, 7) is 1.55. The van der Waals surface area contributed by atoms with Gasteiger partial charge in [0.2, 0.25) is 0 Å². The normalized spacial score (nSPS) is 30.7. The second kappa shape index (κ2) is 3.89. The Labute approximate surface area is 84.4 Å². The largest absolute Gasteiger partial charge is 0.481 e. The molecule has 1 unspecified atom stereocenters. The van der Waals surface area contributed by atoms with Crippen LogP contribution in [0.3, 0.4) is 0 Å². The van der Waals surface area contributed by atoms with E-state index in [2.05, 4.69) is 0 Å². The molecule has 1 atom stereocenters. The van der Waals surface area contributed by atoms with Gasteiger partial charge in [-0.2, -0.15) is 0 Å². The van der Waals surface area contributed by atoms with Crippen LogP contribution < -0.4 is 0 Å². The molecule has 2 aliphatic rings. The summed E-state index contributed by atoms with van der Waals surface area (Å²) in [5.74, 6) is -0.292. The fourth-order valence-electron chi connectivity index (χ4n) is 3.09. The van der Waals surface area contributed by atoms with Gasteiger partial charge in [-0.25, -0.2) is 0 Å². The summed E-state index contributed by atoms with van der Waals surface area (Å²) in [6.07, 6.45) is 6.12. The highest BCUT2D eigenvalue weighted by molar-refractivity contribution is 5.67. The van der Waals surface area contributed by atoms with Crippen molar-refractivity contribution in [3.8, 4) is 0 Å². The third kappa shape index (κ3) is 1.78. The lowest BCUT2D eigenvalue weighted by molar-refractivity contribution is -0.142. The van der Waals surface area contributed by atoms with Crippen LogP contribution in [-0.2, 0) is 9.53 Å². The van der Waals surface area contributed by atoms with E-state index in [-0.39, 0.29) is 5.41 Å². The standard InChI is InChI=1S/C11H18O3/c12-10(13)7-9-3-6-14-8-11(9)4-1-2-5-11/h9H,1-8H2,(H,12,13). The SMILES string of the molecule is O=C(O)CC1CCOCC12CCCC2. The fourth-order valence-corrected chi connectivity index (χ4v) is 3.09. The van der Waals surface area contributed by atoms with Gasteiger partial charge in [0, 0.05) is 13.0 Å². The minimum Gasteiger partial charge on any atom is -0.481 e. The van der Waals surface area contributed by atoms with Crippen molar-refractivity contribution in [2.24, 2.45) is 11.3 Å². The summed E-state index contributed by atoms with van der Waals surface area (Å²) in [4.78, 5) is 10.8. The average molecular weight is 198 g/mol. The van der Waals surface area contributed by atoms with Gasteiger partial charge in [0.05, 0.1) is 6.61 Å². The molecule has 3 nitrogen and oxygen atoms in total. The van der Waals surface area contributed by atoms with Crippen molar-refractivity contribution < 1.29 is 14.6 Å². The van der Waals surface area contributed by atoms with Gasteiger partial charge >= 0.3 is 5.97 Å². The van der Waals surface area contributed by atoms with E-state index in [4.69, 9.17) is 9.84 Å². The molecular weight excluding hydrogens is 180 g/mol. The monoisotopic (exact) mass is 198 g/mol. The maximum Gasteiger partial charge on any atom is 0.303 e. The summed E-state index contributed by atoms with van der Waals surface area (Å²) in [6, 6.07) is 0. The topological polar surface area (TPSA) is 46.5 Å². The third-order valence-corrected chi connectivity index (χ3v) is 3.89. The Bertz CT molecular complexity index is 219. The predicted molar refractivity (Wildman–Crippen MR) is 52.1 cm³/mol. The fraction of sp³-hybridized carbons (Fsp3) is 0.909. The molecule has 1 aliphatic heterocycles. The van der Waals surface area contributed by atoms with Crippen LogP contribution in [0, 0.1) is 11.3 Å². The molecule has 2 fully saturated rings. The Kier molecular flexibility index (Phi) is 2.77. The molecule has 0 bridgehead atoms. The molecule has 14 heavy (non-hydrogen) atoms. The number of hydrogen-bond donors (Lipinski definition) is 1. The van der Waals surface area contributed by atoms with Crippen molar-refractivity contribution in [2.75, 3.05) is 13.2 Å². The van der Waals surface area contributed by atoms with Crippen LogP contribution in [0.25, 0.3) is 0 Å². The van der Waals surface area contributed by atoms with Gasteiger partial charge in [0.25, 0.3) is 0 Å². The molecule has 1 aliphatic carbocycles. The summed E-state index contributed by atoms with van der Waals surface area (Å²) in [5.41, 5.74) is 0.219. The lowest BCUT2D eigenvalue weighted by Gasteiger charge is -2.40. The molecule has 0 aromatic rings. The molecule has 1 N–H and O–H groups in total. The predicted octanol–water partition coefficient (Wildman–Crippen LogP) is 2.06. The van der Waals surface area contributed by atoms with E-state index in [9.17, 15) is 4.79 Å². The molecule has 3 heteroatoms. The van der Waals surface area contributed by atoms with Gasteiger partial charge in [-0.1, -0.05) is 12.8 Å². The number of ether oxygens (including phenoxy) is 1. The summed E-state index contributed by atoms with van der Waals surface area (Å²) >= 11 is 0. The van der Waals surface area contributed by atoms with Crippen LogP contribution in [-0.4, -0.2) is 24.3 Å². The zero-order chi connectivity index (χ0) is 10.0. The molecule has 0 aromatic heterocycles. The Morgan fingerprint density at radius 2 is 2.14 bits per heavy atom. The molecule has 1 heterocycles. The Balaban J connectivity index is 2.06. The number of hydrogen-bond acceptors (Lipinski definition) is 2. The molecule has 1 saturated heterocycles. The van der Waals surface area contributed by atoms with E-state index in [0.717, 1.165) is 19.6 Å². The Morgan fingerprint density at radius 3 is 2.79 bits per heavy atom. The minimum atomic E-state index is -0.650. The molecule has 2 rings (SSSR count). The highest BCUT2D eigenvalue weighted by Gasteiger charge is 2.44. The lowest BCUT2D eigenvalue weighted by Crippen LogP contribution is -2.39. The first kappa shape index (κ1) is 9.97. The van der Waals surface area contributed by atoms with Gasteiger partial charge in [-0.3, -0.25) is 4.79 Å². The van der Waals surface area contributed by atoms with E-state index in [1.807, 2.05) is 0 Å². The second-order valence-corrected chi connectivity index (χ2v) is 4.71. The van der Waals surface area contributed by atoms with Crippen LogP contribution in [0.2, 0.25) is 0 Å². The molecule has 80 valence electrons. The van der Waals surface area contributed by atoms with Crippen LogP contribution in [0.4, 0.5) is 0 Å². The summed E-state index contributed by atoms with van der Waals surface area (Å²) < 4.78 is 5.53. The molecular formula is C11H18O3. The van der Waals surface area contributed by atoms with Gasteiger partial charge in [0.1, 0.15) is 0 Å². The molecule has 0 radical (unpaired) electrons. The van der Waals surface area contributed by atoms with Crippen LogP contribution in [0.1, 0.15) is 38.5 Å². The molecule has 0 amide bonds. The molecule has 1 saturated carbocycles. The zero-order valence-corrected chi connectivity index (χ0v) is 8.50. The number of aliphatic carboxylic acids is 1. The zero-order valence-electron chi connectivity index (χ0n) is 8.50. The highest BCUT2D eigenvalue weighted by Crippen LogP contribution is 2.49. The van der Waals surface area contributed by atoms with E-state index >= 15 is 0 Å². The Hall–Kier alpha value is -0.570. The number of carboxylic acid groups (broad SMARTS) is 1. The number of rotatable bonds is 2. The maximum atomic E-state index is 10.8. The summed E-state index contributed by atoms with van der Waals surface area (Å²) in [7, 11) is 0. The first-order chi connectivity index (χ1) is 6.73. The van der Waals surface area contributed by atoms with Crippen LogP contribution in [0.15, 0.2) is 0 Å².